The molecule has 0 bridgehead atoms. The maximum atomic E-state index is 12.2. The fourth-order valence-corrected chi connectivity index (χ4v) is 1.99. The van der Waals surface area contributed by atoms with Crippen LogP contribution in [0.25, 0.3) is 0 Å². The minimum atomic E-state index is -0.304. The molecule has 0 aliphatic rings. The Labute approximate surface area is 121 Å². The van der Waals surface area contributed by atoms with Crippen LogP contribution < -0.4 is 5.32 Å². The molecule has 114 valence electrons. The van der Waals surface area contributed by atoms with E-state index in [2.05, 4.69) is 29.5 Å². The summed E-state index contributed by atoms with van der Waals surface area (Å²) in [6.45, 7) is 13.2. The van der Waals surface area contributed by atoms with Crippen molar-refractivity contribution in [3.8, 4) is 0 Å². The van der Waals surface area contributed by atoms with Crippen LogP contribution in [0.1, 0.15) is 46.4 Å². The molecule has 6 nitrogen and oxygen atoms in total. The highest BCUT2D eigenvalue weighted by molar-refractivity contribution is 5.79. The third kappa shape index (κ3) is 4.59. The second-order valence-electron chi connectivity index (χ2n) is 5.40. The maximum absolute atomic E-state index is 12.2. The third-order valence-electron chi connectivity index (χ3n) is 3.25. The second kappa shape index (κ2) is 7.99. The second-order valence-corrected chi connectivity index (χ2v) is 5.40. The van der Waals surface area contributed by atoms with Gasteiger partial charge < -0.3 is 10.2 Å². The van der Waals surface area contributed by atoms with E-state index >= 15 is 0 Å². The van der Waals surface area contributed by atoms with E-state index in [1.54, 1.807) is 4.68 Å². The number of nitrogens with zero attached hydrogens (tertiary/aromatic N) is 4. The lowest BCUT2D eigenvalue weighted by Crippen LogP contribution is -2.36. The number of hydrogen-bond donors (Lipinski definition) is 1. The number of carbonyl (C=O) groups excluding carboxylic acids is 1. The zero-order valence-corrected chi connectivity index (χ0v) is 13.3. The van der Waals surface area contributed by atoms with Gasteiger partial charge >= 0.3 is 0 Å². The first-order valence-electron chi connectivity index (χ1n) is 7.39. The quantitative estimate of drug-likeness (QED) is 0.783. The summed E-state index contributed by atoms with van der Waals surface area (Å²) >= 11 is 0. The van der Waals surface area contributed by atoms with Gasteiger partial charge in [0.2, 0.25) is 5.91 Å². The molecular weight excluding hydrogens is 254 g/mol. The average Bonchev–Trinajstić information content (AvgIpc) is 2.87. The molecule has 0 spiro atoms. The maximum Gasteiger partial charge on any atom is 0.247 e. The van der Waals surface area contributed by atoms with Crippen molar-refractivity contribution in [3.05, 3.63) is 11.9 Å². The van der Waals surface area contributed by atoms with Crippen LogP contribution in [0.4, 0.5) is 0 Å². The number of hydrogen-bond acceptors (Lipinski definition) is 4. The molecule has 1 amide bonds. The number of rotatable bonds is 8. The summed E-state index contributed by atoms with van der Waals surface area (Å²) in [6, 6.07) is -0.304. The summed E-state index contributed by atoms with van der Waals surface area (Å²) in [6.07, 6.45) is 1.85. The Bertz CT molecular complexity index is 411. The Morgan fingerprint density at radius 2 is 2.00 bits per heavy atom. The van der Waals surface area contributed by atoms with E-state index < -0.39 is 0 Å². The van der Waals surface area contributed by atoms with E-state index in [-0.39, 0.29) is 11.9 Å². The summed E-state index contributed by atoms with van der Waals surface area (Å²) in [5.41, 5.74) is 0.866. The summed E-state index contributed by atoms with van der Waals surface area (Å²) in [5.74, 6) is 0.690. The molecule has 0 aromatic carbocycles. The molecule has 1 atom stereocenters. The van der Waals surface area contributed by atoms with Crippen molar-refractivity contribution >= 4 is 5.91 Å². The summed E-state index contributed by atoms with van der Waals surface area (Å²) in [5, 5.41) is 11.5. The lowest BCUT2D eigenvalue weighted by atomic mass is 10.2. The van der Waals surface area contributed by atoms with E-state index in [1.807, 2.05) is 31.9 Å². The molecule has 1 unspecified atom stereocenters. The van der Waals surface area contributed by atoms with Crippen LogP contribution in [0.15, 0.2) is 6.20 Å². The number of amides is 1. The van der Waals surface area contributed by atoms with E-state index in [4.69, 9.17) is 0 Å². The predicted molar refractivity (Wildman–Crippen MR) is 79.2 cm³/mol. The van der Waals surface area contributed by atoms with Crippen molar-refractivity contribution in [1.29, 1.82) is 0 Å². The van der Waals surface area contributed by atoms with Crippen LogP contribution in [0, 0.1) is 5.92 Å². The van der Waals surface area contributed by atoms with Crippen molar-refractivity contribution in [2.24, 2.45) is 5.92 Å². The average molecular weight is 281 g/mol. The van der Waals surface area contributed by atoms with Gasteiger partial charge in [-0.1, -0.05) is 19.1 Å². The normalized spacial score (nSPS) is 12.7. The summed E-state index contributed by atoms with van der Waals surface area (Å²) < 4.78 is 1.65. The van der Waals surface area contributed by atoms with Gasteiger partial charge in [-0.25, -0.2) is 4.68 Å². The van der Waals surface area contributed by atoms with Crippen LogP contribution in [0.2, 0.25) is 0 Å². The van der Waals surface area contributed by atoms with Gasteiger partial charge in [-0.15, -0.1) is 5.10 Å². The molecule has 0 aliphatic heterocycles. The van der Waals surface area contributed by atoms with Crippen molar-refractivity contribution in [2.75, 3.05) is 19.6 Å². The van der Waals surface area contributed by atoms with E-state index in [9.17, 15) is 4.79 Å². The van der Waals surface area contributed by atoms with Crippen molar-refractivity contribution in [3.63, 3.8) is 0 Å². The Morgan fingerprint density at radius 3 is 2.55 bits per heavy atom. The Balaban J connectivity index is 2.59. The molecule has 6 heteroatoms. The number of nitrogens with one attached hydrogen (secondary N) is 1. The fourth-order valence-electron chi connectivity index (χ4n) is 1.99. The molecule has 1 N–H and O–H groups in total. The molecule has 20 heavy (non-hydrogen) atoms. The minimum absolute atomic E-state index is 0.0848. The lowest BCUT2D eigenvalue weighted by molar-refractivity contribution is -0.134. The van der Waals surface area contributed by atoms with Crippen LogP contribution in [0.3, 0.4) is 0 Å². The van der Waals surface area contributed by atoms with Gasteiger partial charge in [-0.2, -0.15) is 0 Å². The largest absolute Gasteiger partial charge is 0.341 e. The van der Waals surface area contributed by atoms with Crippen molar-refractivity contribution in [1.82, 2.24) is 25.2 Å². The molecule has 0 saturated carbocycles. The van der Waals surface area contributed by atoms with E-state index in [1.165, 1.54) is 0 Å². The first-order chi connectivity index (χ1) is 9.49. The van der Waals surface area contributed by atoms with Crippen LogP contribution in [0.5, 0.6) is 0 Å². The highest BCUT2D eigenvalue weighted by atomic mass is 16.2. The molecule has 1 heterocycles. The molecule has 0 fully saturated rings. The van der Waals surface area contributed by atoms with E-state index in [0.717, 1.165) is 25.3 Å². The van der Waals surface area contributed by atoms with Gasteiger partial charge in [0.15, 0.2) is 0 Å². The highest BCUT2D eigenvalue weighted by Crippen LogP contribution is 2.09. The standard InChI is InChI=1S/C14H27N5O/c1-6-18(7-2)14(20)12(5)19-10-13(16-17-19)9-15-8-11(3)4/h10-12,15H,6-9H2,1-5H3. The molecule has 0 radical (unpaired) electrons. The Morgan fingerprint density at radius 1 is 1.35 bits per heavy atom. The zero-order valence-electron chi connectivity index (χ0n) is 13.3. The fraction of sp³-hybridized carbons (Fsp3) is 0.786. The Kier molecular flexibility index (Phi) is 6.64. The van der Waals surface area contributed by atoms with Crippen LogP contribution >= 0.6 is 0 Å². The first-order valence-corrected chi connectivity index (χ1v) is 7.39. The SMILES string of the molecule is CCN(CC)C(=O)C(C)n1cc(CNCC(C)C)nn1. The van der Waals surface area contributed by atoms with Gasteiger partial charge in [0, 0.05) is 19.6 Å². The van der Waals surface area contributed by atoms with Gasteiger partial charge in [-0.05, 0) is 33.2 Å². The highest BCUT2D eigenvalue weighted by Gasteiger charge is 2.20. The molecule has 0 saturated heterocycles. The monoisotopic (exact) mass is 281 g/mol. The zero-order chi connectivity index (χ0) is 15.1. The van der Waals surface area contributed by atoms with E-state index in [0.29, 0.717) is 12.5 Å². The van der Waals surface area contributed by atoms with Gasteiger partial charge in [0.25, 0.3) is 0 Å². The van der Waals surface area contributed by atoms with Crippen molar-refractivity contribution < 1.29 is 4.79 Å². The topological polar surface area (TPSA) is 63.1 Å². The molecule has 1 aromatic heterocycles. The third-order valence-corrected chi connectivity index (χ3v) is 3.25. The summed E-state index contributed by atoms with van der Waals surface area (Å²) in [7, 11) is 0. The first kappa shape index (κ1) is 16.6. The number of carbonyl (C=O) groups is 1. The molecular formula is C14H27N5O. The molecule has 1 rings (SSSR count). The molecule has 1 aromatic rings. The predicted octanol–water partition coefficient (Wildman–Crippen LogP) is 1.45. The smallest absolute Gasteiger partial charge is 0.247 e. The Hall–Kier alpha value is -1.43. The van der Waals surface area contributed by atoms with Crippen LogP contribution in [-0.2, 0) is 11.3 Å². The van der Waals surface area contributed by atoms with Gasteiger partial charge in [0.1, 0.15) is 6.04 Å². The molecule has 0 aliphatic carbocycles. The number of likely N-dealkylation sites (N-methyl/N-ethyl adjacent to an activating group) is 1. The van der Waals surface area contributed by atoms with Crippen LogP contribution in [-0.4, -0.2) is 45.4 Å². The minimum Gasteiger partial charge on any atom is -0.341 e. The summed E-state index contributed by atoms with van der Waals surface area (Å²) in [4.78, 5) is 14.0. The van der Waals surface area contributed by atoms with Gasteiger partial charge in [-0.3, -0.25) is 4.79 Å². The van der Waals surface area contributed by atoms with Gasteiger partial charge in [0.05, 0.1) is 11.9 Å². The van der Waals surface area contributed by atoms with Crippen molar-refractivity contribution in [2.45, 2.75) is 47.2 Å². The number of aromatic nitrogens is 3. The lowest BCUT2D eigenvalue weighted by Gasteiger charge is -2.22.